The van der Waals surface area contributed by atoms with E-state index in [-0.39, 0.29) is 18.6 Å². The van der Waals surface area contributed by atoms with E-state index in [0.29, 0.717) is 30.5 Å². The van der Waals surface area contributed by atoms with Crippen LogP contribution in [0.5, 0.6) is 5.75 Å². The number of benzene rings is 1. The Morgan fingerprint density at radius 2 is 2.04 bits per heavy atom. The largest absolute Gasteiger partial charge is 0.482 e. The second kappa shape index (κ2) is 8.89. The fourth-order valence-corrected chi connectivity index (χ4v) is 2.94. The van der Waals surface area contributed by atoms with E-state index in [2.05, 4.69) is 10.2 Å². The fraction of sp³-hybridized carbons (Fsp3) is 0.389. The topological polar surface area (TPSA) is 63.9 Å². The van der Waals surface area contributed by atoms with Gasteiger partial charge in [-0.25, -0.2) is 0 Å². The molecule has 1 amide bonds. The van der Waals surface area contributed by atoms with Crippen molar-refractivity contribution in [3.63, 3.8) is 0 Å². The van der Waals surface area contributed by atoms with Crippen molar-refractivity contribution >= 4 is 17.5 Å². The predicted molar refractivity (Wildman–Crippen MR) is 93.8 cm³/mol. The van der Waals surface area contributed by atoms with Gasteiger partial charge in [0.25, 0.3) is 5.91 Å². The second-order valence-corrected chi connectivity index (χ2v) is 6.11. The molecule has 1 fully saturated rings. The molecule has 3 rings (SSSR count). The highest BCUT2D eigenvalue weighted by Gasteiger charge is 2.25. The smallest absolute Gasteiger partial charge is 0.258 e. The molecule has 1 N–H and O–H groups in total. The Morgan fingerprint density at radius 1 is 1.24 bits per heavy atom. The molecule has 25 heavy (non-hydrogen) atoms. The third kappa shape index (κ3) is 4.98. The summed E-state index contributed by atoms with van der Waals surface area (Å²) in [7, 11) is 0. The van der Waals surface area contributed by atoms with Gasteiger partial charge in [-0.15, -0.1) is 0 Å². The summed E-state index contributed by atoms with van der Waals surface area (Å²) in [6.45, 7) is 3.33. The molecule has 134 valence electrons. The minimum atomic E-state index is -0.204. The average Bonchev–Trinajstić information content (AvgIpc) is 3.16. The number of nitrogens with zero attached hydrogens (tertiary/aromatic N) is 1. The lowest BCUT2D eigenvalue weighted by Crippen LogP contribution is -2.44. The number of carbonyl (C=O) groups is 1. The van der Waals surface area contributed by atoms with Crippen LogP contribution in [0.3, 0.4) is 0 Å². The molecule has 0 unspecified atom stereocenters. The van der Waals surface area contributed by atoms with Gasteiger partial charge in [0.1, 0.15) is 11.5 Å². The first kappa shape index (κ1) is 17.8. The van der Waals surface area contributed by atoms with Crippen molar-refractivity contribution in [3.05, 3.63) is 53.4 Å². The van der Waals surface area contributed by atoms with Gasteiger partial charge in [0, 0.05) is 19.6 Å². The molecule has 2 aromatic rings. The number of para-hydroxylation sites is 1. The Morgan fingerprint density at radius 3 is 2.76 bits per heavy atom. The van der Waals surface area contributed by atoms with Crippen molar-refractivity contribution in [2.45, 2.75) is 6.04 Å². The third-order valence-corrected chi connectivity index (χ3v) is 4.36. The molecule has 2 heterocycles. The number of ether oxygens (including phenoxy) is 2. The van der Waals surface area contributed by atoms with E-state index >= 15 is 0 Å². The number of furan rings is 1. The van der Waals surface area contributed by atoms with Crippen LogP contribution in [-0.2, 0) is 9.53 Å². The van der Waals surface area contributed by atoms with Gasteiger partial charge in [-0.1, -0.05) is 23.7 Å². The highest BCUT2D eigenvalue weighted by atomic mass is 35.5. The standard InChI is InChI=1S/C18H21ClN2O4/c19-14-4-1-2-5-16(14)25-13-18(22)20-12-15(17-6-3-9-24-17)21-7-10-23-11-8-21/h1-6,9,15H,7-8,10-13H2,(H,20,22)/t15-/m1/s1. The second-order valence-electron chi connectivity index (χ2n) is 5.70. The first-order valence-corrected chi connectivity index (χ1v) is 8.61. The van der Waals surface area contributed by atoms with Crippen molar-refractivity contribution < 1.29 is 18.7 Å². The van der Waals surface area contributed by atoms with Gasteiger partial charge < -0.3 is 19.2 Å². The lowest BCUT2D eigenvalue weighted by Gasteiger charge is -2.33. The molecule has 1 aliphatic rings. The van der Waals surface area contributed by atoms with Crippen molar-refractivity contribution in [1.82, 2.24) is 10.2 Å². The highest BCUT2D eigenvalue weighted by molar-refractivity contribution is 6.32. The van der Waals surface area contributed by atoms with Crippen LogP contribution >= 0.6 is 11.6 Å². The van der Waals surface area contributed by atoms with Crippen LogP contribution in [0.1, 0.15) is 11.8 Å². The van der Waals surface area contributed by atoms with Crippen LogP contribution in [0.25, 0.3) is 0 Å². The number of hydrogen-bond donors (Lipinski definition) is 1. The predicted octanol–water partition coefficient (Wildman–Crippen LogP) is 2.50. The number of hydrogen-bond acceptors (Lipinski definition) is 5. The Bertz CT molecular complexity index is 671. The lowest BCUT2D eigenvalue weighted by molar-refractivity contribution is -0.123. The maximum atomic E-state index is 12.1. The van der Waals surface area contributed by atoms with E-state index in [1.54, 1.807) is 18.4 Å². The summed E-state index contributed by atoms with van der Waals surface area (Å²) < 4.78 is 16.4. The molecule has 7 heteroatoms. The molecule has 0 bridgehead atoms. The van der Waals surface area contributed by atoms with Gasteiger partial charge in [-0.05, 0) is 24.3 Å². The van der Waals surface area contributed by atoms with Crippen molar-refractivity contribution in [2.75, 3.05) is 39.5 Å². The normalized spacial score (nSPS) is 16.4. The number of nitrogens with one attached hydrogen (secondary N) is 1. The highest BCUT2D eigenvalue weighted by Crippen LogP contribution is 2.23. The van der Waals surface area contributed by atoms with Gasteiger partial charge in [0.05, 0.1) is 30.5 Å². The number of carbonyl (C=O) groups excluding carboxylic acids is 1. The zero-order chi connectivity index (χ0) is 17.5. The molecular weight excluding hydrogens is 344 g/mol. The van der Waals surface area contributed by atoms with Gasteiger partial charge in [-0.3, -0.25) is 9.69 Å². The van der Waals surface area contributed by atoms with Crippen molar-refractivity contribution in [1.29, 1.82) is 0 Å². The van der Waals surface area contributed by atoms with Crippen LogP contribution in [0.15, 0.2) is 47.1 Å². The van der Waals surface area contributed by atoms with Gasteiger partial charge in [-0.2, -0.15) is 0 Å². The molecule has 0 saturated carbocycles. The van der Waals surface area contributed by atoms with Crippen LogP contribution < -0.4 is 10.1 Å². The molecule has 6 nitrogen and oxygen atoms in total. The van der Waals surface area contributed by atoms with Gasteiger partial charge in [0.2, 0.25) is 0 Å². The summed E-state index contributed by atoms with van der Waals surface area (Å²) >= 11 is 6.02. The number of morpholine rings is 1. The molecule has 0 radical (unpaired) electrons. The summed E-state index contributed by atoms with van der Waals surface area (Å²) in [6.07, 6.45) is 1.64. The van der Waals surface area contributed by atoms with Gasteiger partial charge >= 0.3 is 0 Å². The van der Waals surface area contributed by atoms with Gasteiger partial charge in [0.15, 0.2) is 6.61 Å². The molecular formula is C18H21ClN2O4. The summed E-state index contributed by atoms with van der Waals surface area (Å²) in [6, 6.07) is 10.8. The maximum Gasteiger partial charge on any atom is 0.258 e. The summed E-state index contributed by atoms with van der Waals surface area (Å²) in [5, 5.41) is 3.39. The molecule has 0 aliphatic carbocycles. The van der Waals surface area contributed by atoms with Crippen LogP contribution in [-0.4, -0.2) is 50.3 Å². The Kier molecular flexibility index (Phi) is 6.33. The maximum absolute atomic E-state index is 12.1. The quantitative estimate of drug-likeness (QED) is 0.817. The number of halogens is 1. The molecule has 1 aliphatic heterocycles. The van der Waals surface area contributed by atoms with E-state index in [0.717, 1.165) is 18.8 Å². The molecule has 0 spiro atoms. The van der Waals surface area contributed by atoms with Crippen molar-refractivity contribution in [2.24, 2.45) is 0 Å². The number of rotatable bonds is 7. The monoisotopic (exact) mass is 364 g/mol. The molecule has 1 atom stereocenters. The Labute approximate surface area is 151 Å². The first-order chi connectivity index (χ1) is 12.2. The minimum absolute atomic E-state index is 0.0248. The van der Waals surface area contributed by atoms with E-state index in [1.165, 1.54) is 0 Å². The zero-order valence-electron chi connectivity index (χ0n) is 13.8. The SMILES string of the molecule is O=C(COc1ccccc1Cl)NC[C@H](c1ccco1)N1CCOCC1. The third-order valence-electron chi connectivity index (χ3n) is 4.05. The number of amides is 1. The van der Waals surface area contributed by atoms with Crippen molar-refractivity contribution in [3.8, 4) is 5.75 Å². The Balaban J connectivity index is 1.53. The van der Waals surface area contributed by atoms with E-state index < -0.39 is 0 Å². The zero-order valence-corrected chi connectivity index (χ0v) is 14.6. The summed E-state index contributed by atoms with van der Waals surface area (Å²) in [4.78, 5) is 14.4. The lowest BCUT2D eigenvalue weighted by atomic mass is 10.1. The van der Waals surface area contributed by atoms with Crippen LogP contribution in [0.4, 0.5) is 0 Å². The first-order valence-electron chi connectivity index (χ1n) is 8.23. The summed E-state index contributed by atoms with van der Waals surface area (Å²) in [5.41, 5.74) is 0. The van der Waals surface area contributed by atoms with Crippen LogP contribution in [0.2, 0.25) is 5.02 Å². The van der Waals surface area contributed by atoms with E-state index in [1.807, 2.05) is 24.3 Å². The minimum Gasteiger partial charge on any atom is -0.482 e. The average molecular weight is 365 g/mol. The fourth-order valence-electron chi connectivity index (χ4n) is 2.75. The molecule has 1 aromatic heterocycles. The van der Waals surface area contributed by atoms with E-state index in [9.17, 15) is 4.79 Å². The Hall–Kier alpha value is -2.02. The van der Waals surface area contributed by atoms with Crippen LogP contribution in [0, 0.1) is 0 Å². The summed E-state index contributed by atoms with van der Waals surface area (Å²) in [5.74, 6) is 1.12. The molecule has 1 saturated heterocycles. The molecule has 1 aromatic carbocycles. The van der Waals surface area contributed by atoms with E-state index in [4.69, 9.17) is 25.5 Å².